The van der Waals surface area contributed by atoms with Crippen LogP contribution in [0.25, 0.3) is 16.9 Å². The SMILES string of the molecule is Cc1ccc(-c2cc(C(F)(F)F)nn2-c2ccc(S(=O)(=O)ONN(O)N3CCCC3C(=O)O)cc2)cc1. The Labute approximate surface area is 209 Å². The lowest BCUT2D eigenvalue weighted by Crippen LogP contribution is -2.53. The van der Waals surface area contributed by atoms with Crippen molar-refractivity contribution in [3.63, 3.8) is 0 Å². The lowest BCUT2D eigenvalue weighted by molar-refractivity contribution is -0.327. The van der Waals surface area contributed by atoms with Crippen LogP contribution in [0.5, 0.6) is 0 Å². The Morgan fingerprint density at radius 3 is 2.41 bits per heavy atom. The molecule has 1 atom stereocenters. The molecular weight excluding hydrogens is 519 g/mol. The number of alkyl halides is 3. The van der Waals surface area contributed by atoms with Gasteiger partial charge in [-0.1, -0.05) is 35.4 Å². The van der Waals surface area contributed by atoms with Crippen LogP contribution in [0.15, 0.2) is 59.5 Å². The van der Waals surface area contributed by atoms with Gasteiger partial charge in [0.1, 0.15) is 6.04 Å². The Morgan fingerprint density at radius 2 is 1.81 bits per heavy atom. The van der Waals surface area contributed by atoms with E-state index in [-0.39, 0.29) is 34.5 Å². The van der Waals surface area contributed by atoms with Gasteiger partial charge in [0.05, 0.1) is 16.3 Å². The maximum atomic E-state index is 13.4. The molecule has 3 aromatic rings. The molecule has 0 bridgehead atoms. The Morgan fingerprint density at radius 1 is 1.16 bits per heavy atom. The molecule has 0 radical (unpaired) electrons. The van der Waals surface area contributed by atoms with E-state index in [1.165, 1.54) is 12.1 Å². The molecule has 0 saturated carbocycles. The zero-order valence-electron chi connectivity index (χ0n) is 19.3. The summed E-state index contributed by atoms with van der Waals surface area (Å²) in [5.41, 5.74) is 2.35. The summed E-state index contributed by atoms with van der Waals surface area (Å²) in [6.45, 7) is 1.98. The largest absolute Gasteiger partial charge is 0.480 e. The van der Waals surface area contributed by atoms with E-state index in [4.69, 9.17) is 0 Å². The van der Waals surface area contributed by atoms with Crippen molar-refractivity contribution in [1.82, 2.24) is 25.7 Å². The van der Waals surface area contributed by atoms with Crippen molar-refractivity contribution in [2.24, 2.45) is 0 Å². The van der Waals surface area contributed by atoms with E-state index in [2.05, 4.69) is 9.38 Å². The van der Waals surface area contributed by atoms with E-state index in [1.54, 1.807) is 29.9 Å². The summed E-state index contributed by atoms with van der Waals surface area (Å²) in [5.74, 6) is -1.20. The number of nitrogens with zero attached hydrogens (tertiary/aromatic N) is 4. The Bertz CT molecular complexity index is 1380. The molecule has 1 aliphatic rings. The molecule has 0 aliphatic carbocycles. The number of carboxylic acid groups (broad SMARTS) is 1. The lowest BCUT2D eigenvalue weighted by Gasteiger charge is -2.27. The number of aliphatic carboxylic acids is 1. The predicted molar refractivity (Wildman–Crippen MR) is 121 cm³/mol. The second kappa shape index (κ2) is 10.2. The zero-order valence-corrected chi connectivity index (χ0v) is 20.1. The first kappa shape index (κ1) is 26.7. The molecule has 1 aliphatic heterocycles. The van der Waals surface area contributed by atoms with E-state index in [0.29, 0.717) is 12.0 Å². The van der Waals surface area contributed by atoms with Crippen LogP contribution in [-0.2, 0) is 25.4 Å². The topological polar surface area (TPSA) is 137 Å². The van der Waals surface area contributed by atoms with Gasteiger partial charge in [-0.25, -0.2) is 4.68 Å². The number of rotatable bonds is 8. The van der Waals surface area contributed by atoms with Crippen LogP contribution in [0.3, 0.4) is 0 Å². The van der Waals surface area contributed by atoms with Crippen LogP contribution in [-0.4, -0.2) is 57.4 Å². The van der Waals surface area contributed by atoms with E-state index in [0.717, 1.165) is 33.5 Å². The van der Waals surface area contributed by atoms with E-state index >= 15 is 0 Å². The molecule has 198 valence electrons. The molecule has 1 fully saturated rings. The standard InChI is InChI=1S/C22H22F3N5O6S/c1-14-4-6-15(7-5-14)19-13-20(22(23,24)25)26-29(19)16-8-10-17(11-9-16)37(34,35)36-27-30(33)28-12-2-3-18(28)21(31)32/h4-11,13,18,27,33H,2-3,12H2,1H3,(H,31,32). The smallest absolute Gasteiger partial charge is 0.435 e. The van der Waals surface area contributed by atoms with E-state index < -0.39 is 34.0 Å². The minimum atomic E-state index is -4.70. The fraction of sp³-hybridized carbons (Fsp3) is 0.273. The van der Waals surface area contributed by atoms with Gasteiger partial charge in [0.2, 0.25) is 0 Å². The molecule has 1 unspecified atom stereocenters. The van der Waals surface area contributed by atoms with Gasteiger partial charge in [0.25, 0.3) is 0 Å². The summed E-state index contributed by atoms with van der Waals surface area (Å²) in [4.78, 5) is 10.9. The Hall–Kier alpha value is -3.34. The number of hydrazine groups is 2. The molecule has 1 saturated heterocycles. The highest BCUT2D eigenvalue weighted by Crippen LogP contribution is 2.33. The van der Waals surface area contributed by atoms with Gasteiger partial charge >= 0.3 is 22.3 Å². The molecule has 1 aromatic heterocycles. The van der Waals surface area contributed by atoms with Gasteiger partial charge in [0, 0.05) is 12.1 Å². The van der Waals surface area contributed by atoms with Crippen molar-refractivity contribution in [2.45, 2.75) is 36.9 Å². The maximum Gasteiger partial charge on any atom is 0.435 e. The number of hydrogen-bond acceptors (Lipinski definition) is 9. The Balaban J connectivity index is 1.56. The first-order valence-electron chi connectivity index (χ1n) is 10.9. The molecule has 2 heterocycles. The molecule has 4 rings (SSSR count). The van der Waals surface area contributed by atoms with Crippen molar-refractivity contribution in [1.29, 1.82) is 0 Å². The highest BCUT2D eigenvalue weighted by atomic mass is 32.2. The maximum absolute atomic E-state index is 13.4. The summed E-state index contributed by atoms with van der Waals surface area (Å²) in [6.07, 6.45) is -3.99. The second-order valence-corrected chi connectivity index (χ2v) is 9.81. The number of nitrogens with one attached hydrogen (secondary N) is 1. The van der Waals surface area contributed by atoms with Gasteiger partial charge < -0.3 is 5.11 Å². The number of halogens is 3. The third-order valence-electron chi connectivity index (χ3n) is 5.70. The van der Waals surface area contributed by atoms with Crippen LogP contribution in [0, 0.1) is 6.92 Å². The highest BCUT2D eigenvalue weighted by molar-refractivity contribution is 7.86. The van der Waals surface area contributed by atoms with Crippen molar-refractivity contribution in [3.05, 3.63) is 65.9 Å². The van der Waals surface area contributed by atoms with Crippen LogP contribution in [0.4, 0.5) is 13.2 Å². The zero-order chi connectivity index (χ0) is 27.0. The minimum Gasteiger partial charge on any atom is -0.480 e. The van der Waals surface area contributed by atoms with Gasteiger partial charge in [-0.3, -0.25) is 10.0 Å². The second-order valence-electron chi connectivity index (χ2n) is 8.26. The third-order valence-corrected chi connectivity index (χ3v) is 6.84. The molecular formula is C22H22F3N5O6S. The number of aryl methyl sites for hydroxylation is 1. The van der Waals surface area contributed by atoms with Crippen LogP contribution < -0.4 is 5.59 Å². The normalized spacial score (nSPS) is 17.0. The fourth-order valence-electron chi connectivity index (χ4n) is 3.81. The van der Waals surface area contributed by atoms with Crippen LogP contribution in [0.1, 0.15) is 24.1 Å². The number of carboxylic acids is 1. The van der Waals surface area contributed by atoms with E-state index in [9.17, 15) is 36.7 Å². The van der Waals surface area contributed by atoms with Gasteiger partial charge in [-0.2, -0.15) is 36.0 Å². The van der Waals surface area contributed by atoms with Crippen molar-refractivity contribution >= 4 is 16.1 Å². The molecule has 11 nitrogen and oxygen atoms in total. The monoisotopic (exact) mass is 541 g/mol. The summed E-state index contributed by atoms with van der Waals surface area (Å²) in [7, 11) is -4.50. The quantitative estimate of drug-likeness (QED) is 0.365. The van der Waals surface area contributed by atoms with Gasteiger partial charge in [-0.05, 0) is 55.4 Å². The van der Waals surface area contributed by atoms with Gasteiger partial charge in [-0.15, -0.1) is 0 Å². The molecule has 0 spiro atoms. The molecule has 2 aromatic carbocycles. The molecule has 0 amide bonds. The van der Waals surface area contributed by atoms with Crippen LogP contribution in [0.2, 0.25) is 0 Å². The summed E-state index contributed by atoms with van der Waals surface area (Å²) in [6, 6.07) is 11.3. The molecule has 15 heteroatoms. The van der Waals surface area contributed by atoms with Crippen molar-refractivity contribution in [3.8, 4) is 16.9 Å². The fourth-order valence-corrected chi connectivity index (χ4v) is 4.54. The van der Waals surface area contributed by atoms with Crippen molar-refractivity contribution in [2.75, 3.05) is 6.54 Å². The predicted octanol–water partition coefficient (Wildman–Crippen LogP) is 3.15. The Kier molecular flexibility index (Phi) is 7.36. The average Bonchev–Trinajstić information content (AvgIpc) is 3.51. The average molecular weight is 542 g/mol. The van der Waals surface area contributed by atoms with Gasteiger partial charge in [0.15, 0.2) is 5.69 Å². The number of aromatic nitrogens is 2. The summed E-state index contributed by atoms with van der Waals surface area (Å²) in [5, 5.41) is 24.0. The lowest BCUT2D eigenvalue weighted by atomic mass is 10.1. The molecule has 37 heavy (non-hydrogen) atoms. The first-order chi connectivity index (χ1) is 17.4. The van der Waals surface area contributed by atoms with Crippen LogP contribution >= 0.6 is 0 Å². The molecule has 3 N–H and O–H groups in total. The number of hydrogen-bond donors (Lipinski definition) is 3. The van der Waals surface area contributed by atoms with E-state index in [1.807, 2.05) is 6.92 Å². The third kappa shape index (κ3) is 5.82. The summed E-state index contributed by atoms with van der Waals surface area (Å²) >= 11 is 0. The van der Waals surface area contributed by atoms with Crippen molar-refractivity contribution < 1.29 is 41.0 Å². The highest BCUT2D eigenvalue weighted by Gasteiger charge is 2.36. The minimum absolute atomic E-state index is 0.145. The first-order valence-corrected chi connectivity index (χ1v) is 12.3. The number of benzene rings is 2. The number of carbonyl (C=O) groups is 1. The summed E-state index contributed by atoms with van der Waals surface area (Å²) < 4.78 is 70.9.